The number of aliphatic hydroxyl groups is 11. The molecule has 0 aromatic rings. The fourth-order valence-electron chi connectivity index (χ4n) is 11.3. The molecule has 83 heavy (non-hydrogen) atoms. The SMILES string of the molecule is CCCCCCC/C=C\CCCCCCCC(=O)NC(COC1OC(CO)C(OC2OC(CO)C(OC3OC(CO)C(O)C(O)C3O)C(O)C2O)C(O)C1O)C(O)/C=C/CCCCCCCCCCCCCCCCCCCCCCCC. The van der Waals surface area contributed by atoms with Gasteiger partial charge in [0.05, 0.1) is 38.6 Å². The molecular weight excluding hydrogens is 1070 g/mol. The lowest BCUT2D eigenvalue weighted by molar-refractivity contribution is -0.379. The van der Waals surface area contributed by atoms with E-state index in [1.165, 1.54) is 154 Å². The van der Waals surface area contributed by atoms with Crippen molar-refractivity contribution in [2.45, 2.75) is 349 Å². The van der Waals surface area contributed by atoms with Crippen LogP contribution < -0.4 is 5.32 Å². The minimum atomic E-state index is -1.98. The number of hydrogen-bond donors (Lipinski definition) is 12. The first-order valence-electron chi connectivity index (χ1n) is 33.1. The fraction of sp³-hybridized carbons (Fsp3) is 0.922. The van der Waals surface area contributed by atoms with Crippen molar-refractivity contribution in [2.24, 2.45) is 0 Å². The summed E-state index contributed by atoms with van der Waals surface area (Å²) in [5.41, 5.74) is 0. The number of aliphatic hydroxyl groups excluding tert-OH is 11. The van der Waals surface area contributed by atoms with E-state index in [1.807, 2.05) is 6.08 Å². The Morgan fingerprint density at radius 3 is 1.17 bits per heavy atom. The molecule has 3 aliphatic heterocycles. The maximum atomic E-state index is 13.3. The lowest BCUT2D eigenvalue weighted by Gasteiger charge is -2.48. The molecule has 3 rings (SSSR count). The summed E-state index contributed by atoms with van der Waals surface area (Å²) in [5, 5.41) is 120. The number of unbranched alkanes of at least 4 members (excludes halogenated alkanes) is 32. The van der Waals surface area contributed by atoms with Crippen molar-refractivity contribution >= 4 is 5.91 Å². The van der Waals surface area contributed by atoms with Gasteiger partial charge in [0, 0.05) is 6.42 Å². The molecule has 1 amide bonds. The highest BCUT2D eigenvalue weighted by atomic mass is 16.8. The highest BCUT2D eigenvalue weighted by molar-refractivity contribution is 5.76. The third kappa shape index (κ3) is 30.4. The highest BCUT2D eigenvalue weighted by Crippen LogP contribution is 2.33. The average molecular weight is 1190 g/mol. The molecular formula is C64H119NO18. The summed E-state index contributed by atoms with van der Waals surface area (Å²) in [6, 6.07) is -0.975. The van der Waals surface area contributed by atoms with E-state index in [4.69, 9.17) is 28.4 Å². The molecule has 3 aliphatic rings. The quantitative estimate of drug-likeness (QED) is 0.0207. The number of carbonyl (C=O) groups excluding carboxylic acids is 1. The summed E-state index contributed by atoms with van der Waals surface area (Å²) < 4.78 is 34.3. The number of rotatable bonds is 50. The zero-order chi connectivity index (χ0) is 60.5. The second-order valence-electron chi connectivity index (χ2n) is 23.9. The second kappa shape index (κ2) is 47.3. The van der Waals surface area contributed by atoms with Crippen molar-refractivity contribution in [3.63, 3.8) is 0 Å². The van der Waals surface area contributed by atoms with Crippen LogP contribution in [0.15, 0.2) is 24.3 Å². The number of allylic oxidation sites excluding steroid dienone is 3. The Morgan fingerprint density at radius 2 is 0.759 bits per heavy atom. The van der Waals surface area contributed by atoms with Crippen molar-refractivity contribution in [3.8, 4) is 0 Å². The number of amides is 1. The van der Waals surface area contributed by atoms with E-state index in [2.05, 4.69) is 31.3 Å². The van der Waals surface area contributed by atoms with Crippen LogP contribution in [-0.4, -0.2) is 193 Å². The molecule has 0 bridgehead atoms. The van der Waals surface area contributed by atoms with Gasteiger partial charge in [-0.25, -0.2) is 0 Å². The third-order valence-electron chi connectivity index (χ3n) is 16.7. The van der Waals surface area contributed by atoms with Crippen molar-refractivity contribution in [3.05, 3.63) is 24.3 Å². The van der Waals surface area contributed by atoms with Gasteiger partial charge in [-0.1, -0.05) is 218 Å². The first-order chi connectivity index (χ1) is 40.3. The van der Waals surface area contributed by atoms with Crippen LogP contribution in [0.1, 0.15) is 245 Å². The molecule has 19 nitrogen and oxygen atoms in total. The van der Waals surface area contributed by atoms with E-state index in [9.17, 15) is 61.0 Å². The van der Waals surface area contributed by atoms with E-state index in [1.54, 1.807) is 6.08 Å². The molecule has 0 aromatic carbocycles. The van der Waals surface area contributed by atoms with Gasteiger partial charge in [0.15, 0.2) is 18.9 Å². The van der Waals surface area contributed by atoms with Crippen molar-refractivity contribution < 1.29 is 89.4 Å². The Hall–Kier alpha value is -1.73. The Balaban J connectivity index is 1.45. The molecule has 3 saturated heterocycles. The highest BCUT2D eigenvalue weighted by Gasteiger charge is 2.53. The average Bonchev–Trinajstić information content (AvgIpc) is 3.19. The molecule has 17 unspecified atom stereocenters. The van der Waals surface area contributed by atoms with E-state index in [-0.39, 0.29) is 18.9 Å². The summed E-state index contributed by atoms with van der Waals surface area (Å²) in [4.78, 5) is 13.3. The molecule has 3 heterocycles. The van der Waals surface area contributed by atoms with Gasteiger partial charge < -0.3 is 89.9 Å². The minimum absolute atomic E-state index is 0.235. The van der Waals surface area contributed by atoms with Crippen molar-refractivity contribution in [1.29, 1.82) is 0 Å². The fourth-order valence-corrected chi connectivity index (χ4v) is 11.3. The first kappa shape index (κ1) is 75.5. The third-order valence-corrected chi connectivity index (χ3v) is 16.7. The first-order valence-corrected chi connectivity index (χ1v) is 33.1. The van der Waals surface area contributed by atoms with Gasteiger partial charge in [-0.3, -0.25) is 4.79 Å². The summed E-state index contributed by atoms with van der Waals surface area (Å²) >= 11 is 0. The molecule has 3 fully saturated rings. The summed E-state index contributed by atoms with van der Waals surface area (Å²) in [7, 11) is 0. The standard InChI is InChI=1S/C64H119NO18/c1-3-5-7-9-11-13-15-17-19-20-21-22-23-24-25-26-27-28-29-31-33-35-37-39-41-48(69)47(65-52(70)42-40-38-36-34-32-30-18-16-14-12-10-8-6-4-2)46-78-62-58(76)55(73)60(50(44-67)80-62)83-64-59(77)56(74)61(51(45-68)81-64)82-63-57(75)54(72)53(71)49(43-66)79-63/h16,18,39,41,47-51,53-64,66-69,71-77H,3-15,17,19-38,40,42-46H2,1-2H3,(H,65,70)/b18-16-,41-39+. The molecule has 19 heteroatoms. The molecule has 0 spiro atoms. The summed E-state index contributed by atoms with van der Waals surface area (Å²) in [6.07, 6.45) is 24.4. The van der Waals surface area contributed by atoms with E-state index >= 15 is 0 Å². The molecule has 0 aliphatic carbocycles. The predicted octanol–water partition coefficient (Wildman–Crippen LogP) is 7.49. The van der Waals surface area contributed by atoms with E-state index < -0.39 is 124 Å². The monoisotopic (exact) mass is 1190 g/mol. The normalized spacial score (nSPS) is 29.5. The van der Waals surface area contributed by atoms with Crippen molar-refractivity contribution in [1.82, 2.24) is 5.32 Å². The second-order valence-corrected chi connectivity index (χ2v) is 23.9. The van der Waals surface area contributed by atoms with Gasteiger partial charge in [-0.2, -0.15) is 0 Å². The van der Waals surface area contributed by atoms with Gasteiger partial charge in [0.25, 0.3) is 0 Å². The van der Waals surface area contributed by atoms with Crippen LogP contribution in [0.2, 0.25) is 0 Å². The molecule has 0 saturated carbocycles. The zero-order valence-electron chi connectivity index (χ0n) is 51.2. The van der Waals surface area contributed by atoms with Gasteiger partial charge in [-0.15, -0.1) is 0 Å². The zero-order valence-corrected chi connectivity index (χ0v) is 51.2. The van der Waals surface area contributed by atoms with Crippen LogP contribution in [0.3, 0.4) is 0 Å². The smallest absolute Gasteiger partial charge is 0.220 e. The van der Waals surface area contributed by atoms with E-state index in [0.717, 1.165) is 64.2 Å². The molecule has 488 valence electrons. The minimum Gasteiger partial charge on any atom is -0.394 e. The lowest BCUT2D eigenvalue weighted by Crippen LogP contribution is -2.66. The Bertz CT molecular complexity index is 1610. The Kier molecular flexibility index (Phi) is 43.0. The van der Waals surface area contributed by atoms with Gasteiger partial charge in [0.1, 0.15) is 73.2 Å². The largest absolute Gasteiger partial charge is 0.394 e. The van der Waals surface area contributed by atoms with E-state index in [0.29, 0.717) is 6.42 Å². The Morgan fingerprint density at radius 1 is 0.422 bits per heavy atom. The number of carbonyl (C=O) groups is 1. The lowest BCUT2D eigenvalue weighted by atomic mass is 9.96. The van der Waals surface area contributed by atoms with Crippen LogP contribution >= 0.6 is 0 Å². The predicted molar refractivity (Wildman–Crippen MR) is 319 cm³/mol. The number of hydrogen-bond acceptors (Lipinski definition) is 18. The maximum absolute atomic E-state index is 13.3. The van der Waals surface area contributed by atoms with Gasteiger partial charge >= 0.3 is 0 Å². The molecule has 12 N–H and O–H groups in total. The number of ether oxygens (including phenoxy) is 6. The molecule has 0 radical (unpaired) electrons. The molecule has 0 aromatic heterocycles. The topological polar surface area (TPSA) is 307 Å². The molecule has 17 atom stereocenters. The summed E-state index contributed by atoms with van der Waals surface area (Å²) in [5.74, 6) is -0.283. The van der Waals surface area contributed by atoms with Crippen LogP contribution in [-0.2, 0) is 33.2 Å². The van der Waals surface area contributed by atoms with Crippen LogP contribution in [0.4, 0.5) is 0 Å². The Labute approximate surface area is 498 Å². The van der Waals surface area contributed by atoms with Crippen LogP contribution in [0, 0.1) is 0 Å². The van der Waals surface area contributed by atoms with Gasteiger partial charge in [-0.05, 0) is 44.9 Å². The summed E-state index contributed by atoms with van der Waals surface area (Å²) in [6.45, 7) is 1.73. The maximum Gasteiger partial charge on any atom is 0.220 e. The van der Waals surface area contributed by atoms with Crippen LogP contribution in [0.5, 0.6) is 0 Å². The van der Waals surface area contributed by atoms with Gasteiger partial charge in [0.2, 0.25) is 5.91 Å². The van der Waals surface area contributed by atoms with Crippen LogP contribution in [0.25, 0.3) is 0 Å². The number of nitrogens with one attached hydrogen (secondary N) is 1. The van der Waals surface area contributed by atoms with Crippen molar-refractivity contribution in [2.75, 3.05) is 26.4 Å².